The molecular weight excluding hydrogens is 316 g/mol. The number of hydrogen-bond donors (Lipinski definition) is 0. The van der Waals surface area contributed by atoms with E-state index in [4.69, 9.17) is 9.47 Å². The van der Waals surface area contributed by atoms with Crippen LogP contribution in [0.5, 0.6) is 0 Å². The van der Waals surface area contributed by atoms with E-state index in [0.29, 0.717) is 13.2 Å². The van der Waals surface area contributed by atoms with E-state index in [1.54, 1.807) is 0 Å². The van der Waals surface area contributed by atoms with Crippen LogP contribution < -0.4 is 0 Å². The molecule has 0 N–H and O–H groups in total. The summed E-state index contributed by atoms with van der Waals surface area (Å²) in [6, 6.07) is 8.33. The van der Waals surface area contributed by atoms with Crippen LogP contribution in [0.25, 0.3) is 0 Å². The van der Waals surface area contributed by atoms with Crippen LogP contribution in [0.1, 0.15) is 57.4 Å². The maximum atomic E-state index is 5.96. The molecule has 1 aromatic carbocycles. The third-order valence-corrected chi connectivity index (χ3v) is 4.43. The van der Waals surface area contributed by atoms with Gasteiger partial charge in [-0.25, -0.2) is 0 Å². The topological polar surface area (TPSA) is 18.5 Å². The van der Waals surface area contributed by atoms with Gasteiger partial charge in [-0.15, -0.1) is 0 Å². The lowest BCUT2D eigenvalue weighted by Gasteiger charge is -2.28. The number of halogens is 1. The zero-order valence-corrected chi connectivity index (χ0v) is 14.0. The minimum atomic E-state index is -0.495. The van der Waals surface area contributed by atoms with Gasteiger partial charge in [0.2, 0.25) is 0 Å². The first-order valence-corrected chi connectivity index (χ1v) is 8.60. The van der Waals surface area contributed by atoms with Crippen LogP contribution in [0, 0.1) is 0 Å². The highest BCUT2D eigenvalue weighted by atomic mass is 79.9. The van der Waals surface area contributed by atoms with Gasteiger partial charge in [-0.05, 0) is 18.6 Å². The predicted octanol–water partition coefficient (Wildman–Crippen LogP) is 5.40. The van der Waals surface area contributed by atoms with E-state index in [1.165, 1.54) is 38.5 Å². The van der Waals surface area contributed by atoms with Crippen molar-refractivity contribution in [2.75, 3.05) is 13.2 Å². The Bertz CT molecular complexity index is 382. The van der Waals surface area contributed by atoms with Crippen molar-refractivity contribution >= 4 is 15.9 Å². The first-order valence-electron chi connectivity index (χ1n) is 7.81. The molecule has 0 aromatic heterocycles. The molecule has 0 aliphatic carbocycles. The Balaban J connectivity index is 1.88. The second kappa shape index (κ2) is 8.16. The van der Waals surface area contributed by atoms with Gasteiger partial charge >= 0.3 is 0 Å². The number of rotatable bonds is 8. The van der Waals surface area contributed by atoms with Crippen molar-refractivity contribution in [1.82, 2.24) is 0 Å². The maximum Gasteiger partial charge on any atom is 0.194 e. The van der Waals surface area contributed by atoms with E-state index in [0.717, 1.165) is 16.5 Å². The largest absolute Gasteiger partial charge is 0.343 e. The normalized spacial score (nSPS) is 17.5. The quantitative estimate of drug-likeness (QED) is 0.590. The molecule has 20 heavy (non-hydrogen) atoms. The standard InChI is InChI=1S/C17H25BrO2/c1-2-3-4-5-6-7-12-17(19-13-14-20-17)15-8-10-16(18)11-9-15/h8-11H,2-7,12-14H2,1H3. The molecule has 1 aromatic rings. The summed E-state index contributed by atoms with van der Waals surface area (Å²) in [5.41, 5.74) is 1.15. The second-order valence-electron chi connectivity index (χ2n) is 5.47. The van der Waals surface area contributed by atoms with Crippen molar-refractivity contribution in [2.45, 2.75) is 57.7 Å². The minimum absolute atomic E-state index is 0.495. The molecule has 1 saturated heterocycles. The average molecular weight is 341 g/mol. The first-order chi connectivity index (χ1) is 9.77. The molecule has 2 nitrogen and oxygen atoms in total. The summed E-state index contributed by atoms with van der Waals surface area (Å²) in [5, 5.41) is 0. The maximum absolute atomic E-state index is 5.96. The lowest BCUT2D eigenvalue weighted by molar-refractivity contribution is -0.171. The summed E-state index contributed by atoms with van der Waals surface area (Å²) < 4.78 is 13.0. The van der Waals surface area contributed by atoms with Gasteiger partial charge in [-0.2, -0.15) is 0 Å². The Morgan fingerprint density at radius 3 is 2.20 bits per heavy atom. The van der Waals surface area contributed by atoms with Crippen molar-refractivity contribution in [3.8, 4) is 0 Å². The Kier molecular flexibility index (Phi) is 6.53. The van der Waals surface area contributed by atoms with Gasteiger partial charge in [0.15, 0.2) is 5.79 Å². The third-order valence-electron chi connectivity index (χ3n) is 3.90. The molecule has 0 unspecified atom stereocenters. The molecule has 1 aliphatic heterocycles. The first kappa shape index (κ1) is 16.0. The smallest absolute Gasteiger partial charge is 0.194 e. The lowest BCUT2D eigenvalue weighted by Crippen LogP contribution is -2.27. The fraction of sp³-hybridized carbons (Fsp3) is 0.647. The summed E-state index contributed by atoms with van der Waals surface area (Å²) in [7, 11) is 0. The molecule has 2 rings (SSSR count). The Morgan fingerprint density at radius 1 is 0.950 bits per heavy atom. The fourth-order valence-corrected chi connectivity index (χ4v) is 3.02. The zero-order chi connectivity index (χ0) is 14.3. The highest BCUT2D eigenvalue weighted by Gasteiger charge is 2.37. The van der Waals surface area contributed by atoms with Gasteiger partial charge in [0.05, 0.1) is 13.2 Å². The average Bonchev–Trinajstić information content (AvgIpc) is 2.93. The molecule has 0 atom stereocenters. The molecular formula is C17H25BrO2. The van der Waals surface area contributed by atoms with Crippen molar-refractivity contribution in [2.24, 2.45) is 0 Å². The van der Waals surface area contributed by atoms with Crippen LogP contribution in [0.15, 0.2) is 28.7 Å². The molecule has 1 fully saturated rings. The number of ether oxygens (including phenoxy) is 2. The summed E-state index contributed by atoms with van der Waals surface area (Å²) in [4.78, 5) is 0. The Labute approximate surface area is 131 Å². The van der Waals surface area contributed by atoms with Gasteiger partial charge in [0.25, 0.3) is 0 Å². The summed E-state index contributed by atoms with van der Waals surface area (Å²) >= 11 is 3.48. The van der Waals surface area contributed by atoms with E-state index in [9.17, 15) is 0 Å². The third kappa shape index (κ3) is 4.31. The zero-order valence-electron chi connectivity index (χ0n) is 12.4. The molecule has 1 heterocycles. The molecule has 0 saturated carbocycles. The highest BCUT2D eigenvalue weighted by molar-refractivity contribution is 9.10. The molecule has 3 heteroatoms. The predicted molar refractivity (Wildman–Crippen MR) is 85.7 cm³/mol. The van der Waals surface area contributed by atoms with Crippen molar-refractivity contribution in [3.05, 3.63) is 34.3 Å². The summed E-state index contributed by atoms with van der Waals surface area (Å²) in [6.07, 6.45) is 8.72. The van der Waals surface area contributed by atoms with Crippen LogP contribution >= 0.6 is 15.9 Å². The van der Waals surface area contributed by atoms with Gasteiger partial charge in [-0.3, -0.25) is 0 Å². The minimum Gasteiger partial charge on any atom is -0.343 e. The van der Waals surface area contributed by atoms with Gasteiger partial charge in [0.1, 0.15) is 0 Å². The summed E-state index contributed by atoms with van der Waals surface area (Å²) in [6.45, 7) is 3.65. The van der Waals surface area contributed by atoms with Crippen molar-refractivity contribution in [3.63, 3.8) is 0 Å². The van der Waals surface area contributed by atoms with Crippen LogP contribution in [0.3, 0.4) is 0 Å². The fourth-order valence-electron chi connectivity index (χ4n) is 2.75. The SMILES string of the molecule is CCCCCCCCC1(c2ccc(Br)cc2)OCCO1. The van der Waals surface area contributed by atoms with Crippen molar-refractivity contribution in [1.29, 1.82) is 0 Å². The highest BCUT2D eigenvalue weighted by Crippen LogP contribution is 2.37. The second-order valence-corrected chi connectivity index (χ2v) is 6.39. The van der Waals surface area contributed by atoms with Crippen molar-refractivity contribution < 1.29 is 9.47 Å². The molecule has 1 aliphatic rings. The van der Waals surface area contributed by atoms with Gasteiger partial charge in [0, 0.05) is 16.5 Å². The molecule has 0 bridgehead atoms. The molecule has 0 radical (unpaired) electrons. The number of benzene rings is 1. The molecule has 112 valence electrons. The Hall–Kier alpha value is -0.380. The van der Waals surface area contributed by atoms with E-state index < -0.39 is 5.79 Å². The molecule has 0 spiro atoms. The monoisotopic (exact) mass is 340 g/mol. The summed E-state index contributed by atoms with van der Waals surface area (Å²) in [5.74, 6) is -0.495. The lowest BCUT2D eigenvalue weighted by atomic mass is 9.98. The van der Waals surface area contributed by atoms with Crippen LogP contribution in [-0.2, 0) is 15.3 Å². The van der Waals surface area contributed by atoms with Gasteiger partial charge in [-0.1, -0.05) is 67.1 Å². The molecule has 0 amide bonds. The van der Waals surface area contributed by atoms with Crippen LogP contribution in [-0.4, -0.2) is 13.2 Å². The Morgan fingerprint density at radius 2 is 1.55 bits per heavy atom. The number of hydrogen-bond acceptors (Lipinski definition) is 2. The van der Waals surface area contributed by atoms with E-state index in [-0.39, 0.29) is 0 Å². The van der Waals surface area contributed by atoms with Crippen LogP contribution in [0.4, 0.5) is 0 Å². The van der Waals surface area contributed by atoms with E-state index in [2.05, 4.69) is 47.1 Å². The van der Waals surface area contributed by atoms with Crippen LogP contribution in [0.2, 0.25) is 0 Å². The number of unbranched alkanes of at least 4 members (excludes halogenated alkanes) is 5. The van der Waals surface area contributed by atoms with E-state index in [1.807, 2.05) is 0 Å². The van der Waals surface area contributed by atoms with Gasteiger partial charge < -0.3 is 9.47 Å². The van der Waals surface area contributed by atoms with E-state index >= 15 is 0 Å².